The number of aromatic nitrogens is 1. The molecule has 25 heavy (non-hydrogen) atoms. The van der Waals surface area contributed by atoms with Crippen LogP contribution in [0.15, 0.2) is 89.5 Å². The minimum Gasteiger partial charge on any atom is -0.212 e. The van der Waals surface area contributed by atoms with Crippen molar-refractivity contribution in [3.63, 3.8) is 0 Å². The lowest BCUT2D eigenvalue weighted by molar-refractivity contribution is 0.597. The Balaban J connectivity index is 2.00. The summed E-state index contributed by atoms with van der Waals surface area (Å²) in [5, 5.41) is 3.05. The van der Waals surface area contributed by atoms with Gasteiger partial charge in [-0.15, -0.1) is 0 Å². The molecule has 0 spiro atoms. The van der Waals surface area contributed by atoms with E-state index < -0.39 is 7.80 Å². The third kappa shape index (κ3) is 3.13. The van der Waals surface area contributed by atoms with E-state index in [0.29, 0.717) is 5.44 Å². The Morgan fingerprint density at radius 3 is 2.32 bits per heavy atom. The fourth-order valence-electron chi connectivity index (χ4n) is 2.95. The Hall–Kier alpha value is -2.35. The molecule has 1 atom stereocenters. The average Bonchev–Trinajstić information content (AvgIpc) is 2.68. The van der Waals surface area contributed by atoms with Gasteiger partial charge in [0.15, 0.2) is 0 Å². The highest BCUT2D eigenvalue weighted by Gasteiger charge is 2.30. The predicted octanol–water partition coefficient (Wildman–Crippen LogP) is 5.44. The third-order valence-electron chi connectivity index (χ3n) is 4.12. The molecule has 0 aliphatic carbocycles. The maximum Gasteiger partial charge on any atom is 0.436 e. The molecule has 1 unspecified atom stereocenters. The van der Waals surface area contributed by atoms with Gasteiger partial charge in [0.25, 0.3) is 5.44 Å². The standard InChI is InChI=1S/C21H14BrNOP/c22-17-11-8-16(9-12-17)21-18-6-2-1-5-15(18)10-13-19(21)25(24)20-7-3-4-14-23-20/h1-14H/q+1. The predicted molar refractivity (Wildman–Crippen MR) is 108 cm³/mol. The van der Waals surface area contributed by atoms with Crippen molar-refractivity contribution in [2.45, 2.75) is 0 Å². The molecule has 0 N–H and O–H groups in total. The van der Waals surface area contributed by atoms with Crippen molar-refractivity contribution in [3.05, 3.63) is 89.5 Å². The molecule has 1 aromatic heterocycles. The lowest BCUT2D eigenvalue weighted by Gasteiger charge is -2.08. The van der Waals surface area contributed by atoms with Crippen molar-refractivity contribution in [1.29, 1.82) is 0 Å². The summed E-state index contributed by atoms with van der Waals surface area (Å²) in [7, 11) is -1.77. The highest BCUT2D eigenvalue weighted by atomic mass is 79.9. The number of hydrogen-bond donors (Lipinski definition) is 0. The van der Waals surface area contributed by atoms with Crippen LogP contribution in [0.5, 0.6) is 0 Å². The first kappa shape index (κ1) is 16.1. The van der Waals surface area contributed by atoms with Crippen LogP contribution in [0.4, 0.5) is 0 Å². The number of halogens is 1. The fourth-order valence-corrected chi connectivity index (χ4v) is 4.51. The molecule has 4 heteroatoms. The van der Waals surface area contributed by atoms with E-state index in [2.05, 4.69) is 45.2 Å². The molecular weight excluding hydrogens is 393 g/mol. The van der Waals surface area contributed by atoms with Gasteiger partial charge in [0, 0.05) is 22.3 Å². The van der Waals surface area contributed by atoms with Crippen LogP contribution in [-0.2, 0) is 4.57 Å². The van der Waals surface area contributed by atoms with Crippen molar-refractivity contribution < 1.29 is 4.57 Å². The molecule has 0 fully saturated rings. The van der Waals surface area contributed by atoms with Crippen LogP contribution in [-0.4, -0.2) is 4.98 Å². The summed E-state index contributed by atoms with van der Waals surface area (Å²) >= 11 is 3.48. The van der Waals surface area contributed by atoms with Gasteiger partial charge in [-0.1, -0.05) is 63.0 Å². The van der Waals surface area contributed by atoms with E-state index in [1.54, 1.807) is 6.20 Å². The normalized spacial score (nSPS) is 11.5. The third-order valence-corrected chi connectivity index (χ3v) is 6.14. The summed E-state index contributed by atoms with van der Waals surface area (Å²) in [4.78, 5) is 4.29. The number of pyridine rings is 1. The molecular formula is C21H14BrNOP+. The van der Waals surface area contributed by atoms with Crippen molar-refractivity contribution >= 4 is 45.2 Å². The zero-order valence-corrected chi connectivity index (χ0v) is 15.7. The Labute approximate surface area is 155 Å². The van der Waals surface area contributed by atoms with E-state index in [1.807, 2.05) is 54.6 Å². The summed E-state index contributed by atoms with van der Waals surface area (Å²) in [6.07, 6.45) is 1.68. The van der Waals surface area contributed by atoms with Crippen LogP contribution >= 0.6 is 23.7 Å². The second-order valence-electron chi connectivity index (χ2n) is 5.67. The molecule has 120 valence electrons. The maximum atomic E-state index is 13.2. The first-order chi connectivity index (χ1) is 12.2. The second kappa shape index (κ2) is 6.87. The minimum atomic E-state index is -1.77. The average molecular weight is 407 g/mol. The first-order valence-corrected chi connectivity index (χ1v) is 9.95. The van der Waals surface area contributed by atoms with E-state index in [9.17, 15) is 4.57 Å². The Bertz CT molecular complexity index is 1060. The lowest BCUT2D eigenvalue weighted by atomic mass is 9.98. The molecule has 0 bridgehead atoms. The molecule has 0 amide bonds. The topological polar surface area (TPSA) is 30.0 Å². The Kier molecular flexibility index (Phi) is 4.44. The number of hydrogen-bond acceptors (Lipinski definition) is 2. The highest BCUT2D eigenvalue weighted by Crippen LogP contribution is 2.34. The summed E-state index contributed by atoms with van der Waals surface area (Å²) in [6, 6.07) is 25.8. The molecule has 0 saturated heterocycles. The van der Waals surface area contributed by atoms with E-state index >= 15 is 0 Å². The monoisotopic (exact) mass is 406 g/mol. The van der Waals surface area contributed by atoms with Crippen molar-refractivity contribution in [2.75, 3.05) is 0 Å². The van der Waals surface area contributed by atoms with Crippen LogP contribution < -0.4 is 10.7 Å². The van der Waals surface area contributed by atoms with Gasteiger partial charge in [0.1, 0.15) is 0 Å². The SMILES string of the molecule is O=[P+](c1ccccn1)c1ccc2ccccc2c1-c1ccc(Br)cc1. The molecule has 4 rings (SSSR count). The zero-order valence-electron chi connectivity index (χ0n) is 13.3. The first-order valence-electron chi connectivity index (χ1n) is 7.90. The quantitative estimate of drug-likeness (QED) is 0.423. The van der Waals surface area contributed by atoms with Gasteiger partial charge in [0.2, 0.25) is 5.30 Å². The van der Waals surface area contributed by atoms with Crippen LogP contribution in [0.25, 0.3) is 21.9 Å². The van der Waals surface area contributed by atoms with Gasteiger partial charge in [-0.2, -0.15) is 0 Å². The lowest BCUT2D eigenvalue weighted by Crippen LogP contribution is -2.12. The van der Waals surface area contributed by atoms with E-state index in [-0.39, 0.29) is 0 Å². The van der Waals surface area contributed by atoms with E-state index in [4.69, 9.17) is 0 Å². The molecule has 0 radical (unpaired) electrons. The zero-order chi connectivity index (χ0) is 17.2. The van der Waals surface area contributed by atoms with Gasteiger partial charge in [-0.3, -0.25) is 0 Å². The van der Waals surface area contributed by atoms with Gasteiger partial charge in [-0.05, 0) is 46.7 Å². The Morgan fingerprint density at radius 2 is 1.56 bits per heavy atom. The summed E-state index contributed by atoms with van der Waals surface area (Å²) < 4.78 is 14.2. The van der Waals surface area contributed by atoms with Gasteiger partial charge >= 0.3 is 7.80 Å². The van der Waals surface area contributed by atoms with Gasteiger partial charge in [0.05, 0.1) is 0 Å². The van der Waals surface area contributed by atoms with Crippen LogP contribution in [0.1, 0.15) is 0 Å². The van der Waals surface area contributed by atoms with Crippen LogP contribution in [0.2, 0.25) is 0 Å². The molecule has 0 aliphatic heterocycles. The number of rotatable bonds is 3. The summed E-state index contributed by atoms with van der Waals surface area (Å²) in [5.74, 6) is 0. The highest BCUT2D eigenvalue weighted by molar-refractivity contribution is 9.10. The summed E-state index contributed by atoms with van der Waals surface area (Å²) in [5.41, 5.74) is 2.66. The fraction of sp³-hybridized carbons (Fsp3) is 0. The van der Waals surface area contributed by atoms with Crippen molar-refractivity contribution in [3.8, 4) is 11.1 Å². The molecule has 0 aliphatic rings. The molecule has 0 saturated carbocycles. The number of fused-ring (bicyclic) bond motifs is 1. The smallest absolute Gasteiger partial charge is 0.212 e. The number of nitrogens with zero attached hydrogens (tertiary/aromatic N) is 1. The van der Waals surface area contributed by atoms with E-state index in [0.717, 1.165) is 31.7 Å². The molecule has 4 aromatic rings. The second-order valence-corrected chi connectivity index (χ2v) is 8.11. The van der Waals surface area contributed by atoms with Crippen molar-refractivity contribution in [2.24, 2.45) is 0 Å². The summed E-state index contributed by atoms with van der Waals surface area (Å²) in [6.45, 7) is 0. The van der Waals surface area contributed by atoms with Crippen LogP contribution in [0.3, 0.4) is 0 Å². The maximum absolute atomic E-state index is 13.2. The largest absolute Gasteiger partial charge is 0.436 e. The van der Waals surface area contributed by atoms with Crippen LogP contribution in [0, 0.1) is 0 Å². The number of benzene rings is 3. The molecule has 3 aromatic carbocycles. The minimum absolute atomic E-state index is 0.603. The van der Waals surface area contributed by atoms with Crippen molar-refractivity contribution in [1.82, 2.24) is 4.98 Å². The van der Waals surface area contributed by atoms with Gasteiger partial charge < -0.3 is 0 Å². The molecule has 1 heterocycles. The van der Waals surface area contributed by atoms with E-state index in [1.165, 1.54) is 0 Å². The molecule has 2 nitrogen and oxygen atoms in total. The Morgan fingerprint density at radius 1 is 0.800 bits per heavy atom. The van der Waals surface area contributed by atoms with Gasteiger partial charge in [-0.25, -0.2) is 4.98 Å².